The fourth-order valence-corrected chi connectivity index (χ4v) is 5.20. The quantitative estimate of drug-likeness (QED) is 0.242. The van der Waals surface area contributed by atoms with Gasteiger partial charge in [-0.05, 0) is 86.0 Å². The van der Waals surface area contributed by atoms with E-state index in [0.717, 1.165) is 62.9 Å². The van der Waals surface area contributed by atoms with E-state index in [-0.39, 0.29) is 5.82 Å². The Hall–Kier alpha value is -3.15. The smallest absolute Gasteiger partial charge is 0.125 e. The van der Waals surface area contributed by atoms with Gasteiger partial charge in [0.15, 0.2) is 0 Å². The molecule has 4 nitrogen and oxygen atoms in total. The van der Waals surface area contributed by atoms with Crippen LogP contribution in [0, 0.1) is 11.7 Å². The molecule has 3 aromatic rings. The van der Waals surface area contributed by atoms with Crippen molar-refractivity contribution in [3.8, 4) is 0 Å². The molecule has 0 radical (unpaired) electrons. The molecule has 0 aromatic heterocycles. The normalized spacial score (nSPS) is 13.7. The van der Waals surface area contributed by atoms with Gasteiger partial charge in [0, 0.05) is 56.5 Å². The second kappa shape index (κ2) is 16.1. The fourth-order valence-electron chi connectivity index (χ4n) is 5.20. The summed E-state index contributed by atoms with van der Waals surface area (Å²) in [5.74, 6) is 0.620. The molecule has 3 aromatic carbocycles. The molecule has 0 spiro atoms. The van der Waals surface area contributed by atoms with E-state index in [2.05, 4.69) is 76.9 Å². The summed E-state index contributed by atoms with van der Waals surface area (Å²) in [4.78, 5) is 4.71. The van der Waals surface area contributed by atoms with E-state index >= 15 is 0 Å². The number of nitrogens with one attached hydrogen (secondary N) is 2. The van der Waals surface area contributed by atoms with Crippen molar-refractivity contribution < 1.29 is 4.39 Å². The highest BCUT2D eigenvalue weighted by Crippen LogP contribution is 2.27. The summed E-state index contributed by atoms with van der Waals surface area (Å²) in [5.41, 5.74) is 4.48. The van der Waals surface area contributed by atoms with Gasteiger partial charge < -0.3 is 15.5 Å². The van der Waals surface area contributed by atoms with E-state index in [9.17, 15) is 4.39 Å². The predicted octanol–water partition coefficient (Wildman–Crippen LogP) is 7.23. The molecule has 0 amide bonds. The zero-order valence-corrected chi connectivity index (χ0v) is 24.2. The highest BCUT2D eigenvalue weighted by Gasteiger charge is 2.16. The lowest BCUT2D eigenvalue weighted by molar-refractivity contribution is 0.300. The van der Waals surface area contributed by atoms with Gasteiger partial charge in [0.25, 0.3) is 0 Å². The highest BCUT2D eigenvalue weighted by molar-refractivity contribution is 5.96. The first-order valence-corrected chi connectivity index (χ1v) is 14.3. The molecule has 1 saturated heterocycles. The maximum atomic E-state index is 13.4. The molecule has 0 atom stereocenters. The van der Waals surface area contributed by atoms with Crippen LogP contribution in [0.15, 0.2) is 73.8 Å². The van der Waals surface area contributed by atoms with Crippen LogP contribution in [0.5, 0.6) is 0 Å². The number of halogens is 1. The van der Waals surface area contributed by atoms with Crippen LogP contribution in [-0.4, -0.2) is 58.3 Å². The number of benzene rings is 3. The number of rotatable bonds is 12. The summed E-state index contributed by atoms with van der Waals surface area (Å²) in [6.07, 6.45) is 8.35. The van der Waals surface area contributed by atoms with Crippen LogP contribution in [0.1, 0.15) is 37.3 Å². The maximum Gasteiger partial charge on any atom is 0.125 e. The number of nitrogens with zero attached hydrogens (tertiary/aromatic N) is 2. The third-order valence-corrected chi connectivity index (χ3v) is 7.56. The van der Waals surface area contributed by atoms with Crippen molar-refractivity contribution in [1.82, 2.24) is 10.2 Å². The van der Waals surface area contributed by atoms with Crippen molar-refractivity contribution >= 4 is 28.2 Å². The lowest BCUT2D eigenvalue weighted by atomic mass is 9.98. The molecule has 1 aliphatic rings. The zero-order chi connectivity index (χ0) is 28.0. The topological polar surface area (TPSA) is 30.5 Å². The first-order chi connectivity index (χ1) is 19.0. The standard InChI is InChI=1S/C20H29N3.C14H18FN/c1-4-14-23(16-13-21-2)15-7-8-17-11-12-20(22-3)19-10-6-5-9-18(17)19;1-3-12-8-13(15)10-14(9-12)16-6-4-11(2)5-7-16/h4-6,9-12,21-22H,1,7-8,13-16H2,2-3H3;3,8-11H,1,4-7H2,2H3. The summed E-state index contributed by atoms with van der Waals surface area (Å²) >= 11 is 0. The minimum Gasteiger partial charge on any atom is -0.388 e. The molecular formula is C34H47FN4. The SMILES string of the molecule is C=CCN(CCCc1ccc(NC)c2ccccc12)CCNC.C=Cc1cc(F)cc(N2CCC(C)CC2)c1. The second-order valence-corrected chi connectivity index (χ2v) is 10.5. The summed E-state index contributed by atoms with van der Waals surface area (Å²) < 4.78 is 13.4. The van der Waals surface area contributed by atoms with Crippen LogP contribution >= 0.6 is 0 Å². The number of hydrogen-bond donors (Lipinski definition) is 2. The van der Waals surface area contributed by atoms with E-state index in [1.54, 1.807) is 12.1 Å². The van der Waals surface area contributed by atoms with Gasteiger partial charge >= 0.3 is 0 Å². The fraction of sp³-hybridized carbons (Fsp3) is 0.412. The largest absolute Gasteiger partial charge is 0.388 e. The number of piperidine rings is 1. The first kappa shape index (κ1) is 30.4. The molecule has 0 bridgehead atoms. The van der Waals surface area contributed by atoms with Crippen molar-refractivity contribution in [2.24, 2.45) is 5.92 Å². The average Bonchev–Trinajstić information content (AvgIpc) is 2.96. The van der Waals surface area contributed by atoms with Gasteiger partial charge in [-0.2, -0.15) is 0 Å². The molecule has 0 aliphatic carbocycles. The van der Waals surface area contributed by atoms with Gasteiger partial charge in [-0.1, -0.05) is 56.0 Å². The third kappa shape index (κ3) is 9.22. The van der Waals surface area contributed by atoms with E-state index in [0.29, 0.717) is 0 Å². The van der Waals surface area contributed by atoms with Crippen LogP contribution in [-0.2, 0) is 6.42 Å². The molecular weight excluding hydrogens is 483 g/mol. The van der Waals surface area contributed by atoms with Crippen LogP contribution in [0.3, 0.4) is 0 Å². The number of anilines is 2. The van der Waals surface area contributed by atoms with Crippen LogP contribution in [0.4, 0.5) is 15.8 Å². The van der Waals surface area contributed by atoms with Crippen molar-refractivity contribution in [2.75, 3.05) is 63.6 Å². The van der Waals surface area contributed by atoms with Crippen molar-refractivity contribution in [1.29, 1.82) is 0 Å². The van der Waals surface area contributed by atoms with E-state index in [4.69, 9.17) is 0 Å². The molecule has 4 rings (SSSR count). The molecule has 39 heavy (non-hydrogen) atoms. The van der Waals surface area contributed by atoms with E-state index < -0.39 is 0 Å². The summed E-state index contributed by atoms with van der Waals surface area (Å²) in [7, 11) is 3.98. The van der Waals surface area contributed by atoms with Crippen LogP contribution in [0.25, 0.3) is 16.8 Å². The van der Waals surface area contributed by atoms with Gasteiger partial charge in [0.2, 0.25) is 0 Å². The number of likely N-dealkylation sites (N-methyl/N-ethyl adjacent to an activating group) is 1. The third-order valence-electron chi connectivity index (χ3n) is 7.56. The minimum atomic E-state index is -0.175. The first-order valence-electron chi connectivity index (χ1n) is 14.3. The van der Waals surface area contributed by atoms with Gasteiger partial charge in [-0.3, -0.25) is 4.90 Å². The number of aryl methyl sites for hydroxylation is 1. The zero-order valence-electron chi connectivity index (χ0n) is 24.2. The Morgan fingerprint density at radius 1 is 1.00 bits per heavy atom. The molecule has 0 saturated carbocycles. The molecule has 2 N–H and O–H groups in total. The molecule has 210 valence electrons. The summed E-state index contributed by atoms with van der Waals surface area (Å²) in [6, 6.07) is 18.3. The molecule has 1 heterocycles. The Balaban J connectivity index is 0.000000230. The number of fused-ring (bicyclic) bond motifs is 1. The molecule has 1 fully saturated rings. The van der Waals surface area contributed by atoms with Gasteiger partial charge in [0.05, 0.1) is 0 Å². The minimum absolute atomic E-state index is 0.175. The van der Waals surface area contributed by atoms with Crippen molar-refractivity contribution in [3.05, 3.63) is 90.8 Å². The van der Waals surface area contributed by atoms with Crippen LogP contribution in [0.2, 0.25) is 0 Å². The molecule has 5 heteroatoms. The monoisotopic (exact) mass is 530 g/mol. The summed E-state index contributed by atoms with van der Waals surface area (Å²) in [6.45, 7) is 16.0. The lowest BCUT2D eigenvalue weighted by Gasteiger charge is -2.32. The number of hydrogen-bond acceptors (Lipinski definition) is 4. The Morgan fingerprint density at radius 2 is 1.74 bits per heavy atom. The lowest BCUT2D eigenvalue weighted by Crippen LogP contribution is -2.32. The maximum absolute atomic E-state index is 13.4. The van der Waals surface area contributed by atoms with Crippen molar-refractivity contribution in [2.45, 2.75) is 32.6 Å². The van der Waals surface area contributed by atoms with Gasteiger partial charge in [-0.15, -0.1) is 6.58 Å². The predicted molar refractivity (Wildman–Crippen MR) is 169 cm³/mol. The average molecular weight is 531 g/mol. The van der Waals surface area contributed by atoms with E-state index in [1.165, 1.54) is 47.4 Å². The van der Waals surface area contributed by atoms with E-state index in [1.807, 2.05) is 26.2 Å². The Labute approximate surface area is 235 Å². The Morgan fingerprint density at radius 3 is 2.41 bits per heavy atom. The summed E-state index contributed by atoms with van der Waals surface area (Å²) in [5, 5.41) is 9.18. The Kier molecular flexibility index (Phi) is 12.5. The van der Waals surface area contributed by atoms with Crippen molar-refractivity contribution in [3.63, 3.8) is 0 Å². The highest BCUT2D eigenvalue weighted by atomic mass is 19.1. The van der Waals surface area contributed by atoms with Crippen LogP contribution < -0.4 is 15.5 Å². The molecule has 0 unspecified atom stereocenters. The van der Waals surface area contributed by atoms with Gasteiger partial charge in [0.1, 0.15) is 5.82 Å². The van der Waals surface area contributed by atoms with Gasteiger partial charge in [-0.25, -0.2) is 4.39 Å². The Bertz CT molecular complexity index is 1180. The molecule has 1 aliphatic heterocycles. The second-order valence-electron chi connectivity index (χ2n) is 10.5.